The lowest BCUT2D eigenvalue weighted by Crippen LogP contribution is -2.26. The highest BCUT2D eigenvalue weighted by atomic mass is 16.5. The van der Waals surface area contributed by atoms with Crippen molar-refractivity contribution in [2.24, 2.45) is 0 Å². The smallest absolute Gasteiger partial charge is 0.243 e. The fourth-order valence-electron chi connectivity index (χ4n) is 2.52. The second-order valence-corrected chi connectivity index (χ2v) is 5.30. The number of carbonyl (C=O) groups is 1. The van der Waals surface area contributed by atoms with Gasteiger partial charge in [-0.3, -0.25) is 10.0 Å². The van der Waals surface area contributed by atoms with Gasteiger partial charge >= 0.3 is 0 Å². The normalized spacial score (nSPS) is 12.5. The molecule has 0 radical (unpaired) electrons. The molecule has 112 valence electrons. The number of carbonyl (C=O) groups excluding carboxylic acids is 1. The third-order valence-corrected chi connectivity index (χ3v) is 3.62. The van der Waals surface area contributed by atoms with Gasteiger partial charge in [0.2, 0.25) is 5.91 Å². The van der Waals surface area contributed by atoms with Gasteiger partial charge in [-0.2, -0.15) is 0 Å². The van der Waals surface area contributed by atoms with Gasteiger partial charge in [0.25, 0.3) is 0 Å². The Morgan fingerprint density at radius 3 is 2.68 bits per heavy atom. The summed E-state index contributed by atoms with van der Waals surface area (Å²) in [6.45, 7) is 1.56. The van der Waals surface area contributed by atoms with Crippen molar-refractivity contribution in [3.63, 3.8) is 0 Å². The number of benzene rings is 2. The molecule has 0 atom stereocenters. The van der Waals surface area contributed by atoms with Gasteiger partial charge in [-0.15, -0.1) is 0 Å². The summed E-state index contributed by atoms with van der Waals surface area (Å²) in [4.78, 5) is 11.1. The molecule has 4 nitrogen and oxygen atoms in total. The van der Waals surface area contributed by atoms with E-state index in [0.29, 0.717) is 6.42 Å². The number of hydroxylamine groups is 2. The Labute approximate surface area is 129 Å². The van der Waals surface area contributed by atoms with E-state index in [4.69, 9.17) is 4.74 Å². The Kier molecular flexibility index (Phi) is 3.94. The molecule has 22 heavy (non-hydrogen) atoms. The van der Waals surface area contributed by atoms with Crippen LogP contribution in [-0.2, 0) is 11.2 Å². The first-order valence-corrected chi connectivity index (χ1v) is 7.14. The fourth-order valence-corrected chi connectivity index (χ4v) is 2.52. The zero-order valence-corrected chi connectivity index (χ0v) is 12.3. The summed E-state index contributed by atoms with van der Waals surface area (Å²) in [5.41, 5.74) is 3.13. The van der Waals surface area contributed by atoms with Crippen LogP contribution >= 0.6 is 0 Å². The van der Waals surface area contributed by atoms with E-state index in [0.717, 1.165) is 33.3 Å². The van der Waals surface area contributed by atoms with Gasteiger partial charge < -0.3 is 4.74 Å². The molecular weight excluding hydrogens is 278 g/mol. The Hall–Kier alpha value is -2.59. The number of ether oxygens (including phenoxy) is 1. The zero-order chi connectivity index (χ0) is 15.5. The topological polar surface area (TPSA) is 49.8 Å². The lowest BCUT2D eigenvalue weighted by atomic mass is 10.1. The van der Waals surface area contributed by atoms with Crippen molar-refractivity contribution in [3.8, 4) is 11.5 Å². The van der Waals surface area contributed by atoms with Crippen molar-refractivity contribution in [1.29, 1.82) is 0 Å². The standard InChI is InChI=1S/C18H17NO3/c1-13(20)19(21)12-14-10-15-6-5-9-18(17(15)11-14)22-16-7-3-2-4-8-16/h2-10,21H,11-12H2,1H3. The van der Waals surface area contributed by atoms with Gasteiger partial charge in [0, 0.05) is 12.5 Å². The number of amides is 1. The van der Waals surface area contributed by atoms with E-state index in [2.05, 4.69) is 0 Å². The molecule has 4 heteroatoms. The van der Waals surface area contributed by atoms with Gasteiger partial charge in [0.1, 0.15) is 11.5 Å². The molecule has 1 aliphatic carbocycles. The van der Waals surface area contributed by atoms with Crippen LogP contribution in [0.15, 0.2) is 54.1 Å². The monoisotopic (exact) mass is 295 g/mol. The third kappa shape index (κ3) is 3.02. The van der Waals surface area contributed by atoms with Crippen LogP contribution in [0.4, 0.5) is 0 Å². The quantitative estimate of drug-likeness (QED) is 0.692. The molecule has 0 bridgehead atoms. The number of para-hydroxylation sites is 1. The second kappa shape index (κ2) is 6.03. The van der Waals surface area contributed by atoms with Crippen molar-refractivity contribution in [3.05, 3.63) is 65.2 Å². The molecular formula is C18H17NO3. The first-order valence-electron chi connectivity index (χ1n) is 7.14. The molecule has 1 aliphatic rings. The van der Waals surface area contributed by atoms with Crippen molar-refractivity contribution in [1.82, 2.24) is 5.06 Å². The van der Waals surface area contributed by atoms with Crippen LogP contribution in [0.25, 0.3) is 6.08 Å². The molecule has 0 heterocycles. The van der Waals surface area contributed by atoms with E-state index in [9.17, 15) is 10.0 Å². The average Bonchev–Trinajstić information content (AvgIpc) is 2.91. The number of rotatable bonds is 4. The molecule has 0 fully saturated rings. The number of hydrogen-bond donors (Lipinski definition) is 1. The van der Waals surface area contributed by atoms with Crippen LogP contribution in [-0.4, -0.2) is 22.7 Å². The highest BCUT2D eigenvalue weighted by Crippen LogP contribution is 2.35. The SMILES string of the molecule is CC(=O)N(O)CC1=Cc2cccc(Oc3ccccc3)c2C1. The first kappa shape index (κ1) is 14.4. The summed E-state index contributed by atoms with van der Waals surface area (Å²) in [7, 11) is 0. The Balaban J connectivity index is 1.79. The predicted octanol–water partition coefficient (Wildman–Crippen LogP) is 3.66. The summed E-state index contributed by atoms with van der Waals surface area (Å²) in [6.07, 6.45) is 2.67. The van der Waals surface area contributed by atoms with Crippen LogP contribution in [0, 0.1) is 0 Å². The Morgan fingerprint density at radius 1 is 1.18 bits per heavy atom. The van der Waals surface area contributed by atoms with Crippen molar-refractivity contribution >= 4 is 12.0 Å². The molecule has 1 amide bonds. The molecule has 2 aromatic rings. The van der Waals surface area contributed by atoms with Crippen LogP contribution < -0.4 is 4.74 Å². The average molecular weight is 295 g/mol. The van der Waals surface area contributed by atoms with Crippen LogP contribution in [0.3, 0.4) is 0 Å². The first-order chi connectivity index (χ1) is 10.6. The summed E-state index contributed by atoms with van der Waals surface area (Å²) in [5.74, 6) is 1.23. The fraction of sp³-hybridized carbons (Fsp3) is 0.167. The van der Waals surface area contributed by atoms with Crippen molar-refractivity contribution < 1.29 is 14.7 Å². The van der Waals surface area contributed by atoms with E-state index in [-0.39, 0.29) is 12.5 Å². The summed E-state index contributed by atoms with van der Waals surface area (Å²) < 4.78 is 5.95. The molecule has 0 aromatic heterocycles. The van der Waals surface area contributed by atoms with Gasteiger partial charge in [-0.1, -0.05) is 36.4 Å². The Bertz CT molecular complexity index is 722. The highest BCUT2D eigenvalue weighted by Gasteiger charge is 2.19. The minimum Gasteiger partial charge on any atom is -0.457 e. The van der Waals surface area contributed by atoms with E-state index >= 15 is 0 Å². The van der Waals surface area contributed by atoms with Crippen LogP contribution in [0.2, 0.25) is 0 Å². The van der Waals surface area contributed by atoms with E-state index in [1.54, 1.807) is 0 Å². The van der Waals surface area contributed by atoms with Gasteiger partial charge in [0.05, 0.1) is 6.54 Å². The Morgan fingerprint density at radius 2 is 1.95 bits per heavy atom. The van der Waals surface area contributed by atoms with Crippen LogP contribution in [0.1, 0.15) is 18.1 Å². The second-order valence-electron chi connectivity index (χ2n) is 5.30. The minimum absolute atomic E-state index is 0.217. The molecule has 0 saturated carbocycles. The predicted molar refractivity (Wildman–Crippen MR) is 83.8 cm³/mol. The lowest BCUT2D eigenvalue weighted by Gasteiger charge is -2.13. The molecule has 1 N–H and O–H groups in total. The number of fused-ring (bicyclic) bond motifs is 1. The molecule has 0 unspecified atom stereocenters. The van der Waals surface area contributed by atoms with Gasteiger partial charge in [-0.25, -0.2) is 5.06 Å². The minimum atomic E-state index is -0.363. The lowest BCUT2D eigenvalue weighted by molar-refractivity contribution is -0.160. The van der Waals surface area contributed by atoms with Crippen LogP contribution in [0.5, 0.6) is 11.5 Å². The summed E-state index contributed by atoms with van der Waals surface area (Å²) in [5, 5.41) is 10.3. The van der Waals surface area contributed by atoms with Gasteiger partial charge in [0.15, 0.2) is 0 Å². The molecule has 0 spiro atoms. The van der Waals surface area contributed by atoms with E-state index in [1.165, 1.54) is 6.92 Å². The number of hydrogen-bond acceptors (Lipinski definition) is 3. The molecule has 2 aromatic carbocycles. The summed E-state index contributed by atoms with van der Waals surface area (Å²) in [6, 6.07) is 15.5. The molecule has 0 saturated heterocycles. The van der Waals surface area contributed by atoms with E-state index < -0.39 is 0 Å². The van der Waals surface area contributed by atoms with Crippen molar-refractivity contribution in [2.75, 3.05) is 6.54 Å². The molecule has 3 rings (SSSR count). The van der Waals surface area contributed by atoms with Gasteiger partial charge in [-0.05, 0) is 35.8 Å². The maximum Gasteiger partial charge on any atom is 0.243 e. The third-order valence-electron chi connectivity index (χ3n) is 3.62. The van der Waals surface area contributed by atoms with E-state index in [1.807, 2.05) is 54.6 Å². The maximum absolute atomic E-state index is 11.1. The number of nitrogens with zero attached hydrogens (tertiary/aromatic N) is 1. The summed E-state index contributed by atoms with van der Waals surface area (Å²) >= 11 is 0. The zero-order valence-electron chi connectivity index (χ0n) is 12.3. The van der Waals surface area contributed by atoms with Crippen molar-refractivity contribution in [2.45, 2.75) is 13.3 Å². The maximum atomic E-state index is 11.1. The molecule has 0 aliphatic heterocycles. The highest BCUT2D eigenvalue weighted by molar-refractivity contribution is 5.73. The largest absolute Gasteiger partial charge is 0.457 e.